The lowest BCUT2D eigenvalue weighted by Gasteiger charge is -2.39. The van der Waals surface area contributed by atoms with Crippen LogP contribution in [0.25, 0.3) is 54.4 Å². The Hall–Kier alpha value is -3.27. The first-order valence-electron chi connectivity index (χ1n) is 15.0. The summed E-state index contributed by atoms with van der Waals surface area (Å²) in [4.78, 5) is 16.7. The summed E-state index contributed by atoms with van der Waals surface area (Å²) >= 11 is 3.77. The van der Waals surface area contributed by atoms with E-state index in [-0.39, 0.29) is 18.3 Å². The van der Waals surface area contributed by atoms with Crippen molar-refractivity contribution in [2.24, 2.45) is 0 Å². The summed E-state index contributed by atoms with van der Waals surface area (Å²) in [7, 11) is 1.36. The number of nitrogens with one attached hydrogen (secondary N) is 1. The van der Waals surface area contributed by atoms with Gasteiger partial charge in [-0.15, -0.1) is 0 Å². The first-order chi connectivity index (χ1) is 20.8. The third-order valence-electron chi connectivity index (χ3n) is 10.1. The van der Waals surface area contributed by atoms with Crippen molar-refractivity contribution in [2.45, 2.75) is 62.3 Å². The van der Waals surface area contributed by atoms with E-state index in [2.05, 4.69) is 64.4 Å². The summed E-state index contributed by atoms with van der Waals surface area (Å²) in [5.41, 5.74) is 3.83. The molecule has 3 aromatic carbocycles. The molecule has 2 bridgehead atoms. The molecule has 4 heterocycles. The standard InChI is InChI=1S/C34H35N3O4S2/c1-5-42-16-18-7-9-24-21(11-18)27-28-23(15-35-31(28)38)26-22-12-19(17-43-6-2)8-10-25(22)37-30(26)29(27)36(24)20-13-33(37,3)34(40,14-20)32(39)41-4/h7-12,15,20,35,38,40H,5-6,13-14,16-17H2,1-4H3/t20-,33+,34+/m1/s1. The molecule has 43 heavy (non-hydrogen) atoms. The minimum absolute atomic E-state index is 0.151. The molecule has 2 aliphatic rings. The Bertz CT molecular complexity index is 2140. The number of benzene rings is 3. The number of hydrogen-bond donors (Lipinski definition) is 3. The van der Waals surface area contributed by atoms with Crippen molar-refractivity contribution in [3.63, 3.8) is 0 Å². The Kier molecular flexibility index (Phi) is 5.94. The SMILES string of the molecule is CCSCc1ccc2c(c1)c1c3c(O)[nH]cc3c3c4cc(CSCC)ccc4n4c3c1n2[C@H]1C[C@](O)(C(=O)OC)[C@]4(C)C1. The average molecular weight is 614 g/mol. The smallest absolute Gasteiger partial charge is 0.340 e. The summed E-state index contributed by atoms with van der Waals surface area (Å²) in [6, 6.07) is 13.1. The van der Waals surface area contributed by atoms with Gasteiger partial charge in [0, 0.05) is 68.1 Å². The minimum atomic E-state index is -1.73. The van der Waals surface area contributed by atoms with Crippen LogP contribution in [0.3, 0.4) is 0 Å². The zero-order valence-corrected chi connectivity index (χ0v) is 26.4. The van der Waals surface area contributed by atoms with Crippen molar-refractivity contribution >= 4 is 83.9 Å². The monoisotopic (exact) mass is 613 g/mol. The van der Waals surface area contributed by atoms with E-state index in [1.54, 1.807) is 0 Å². The number of methoxy groups -OCH3 is 1. The van der Waals surface area contributed by atoms with Crippen molar-refractivity contribution in [2.75, 3.05) is 18.6 Å². The Morgan fingerprint density at radius 3 is 2.26 bits per heavy atom. The van der Waals surface area contributed by atoms with Crippen molar-refractivity contribution in [1.82, 2.24) is 14.1 Å². The molecule has 8 rings (SSSR count). The number of ether oxygens (including phenoxy) is 1. The van der Waals surface area contributed by atoms with Crippen LogP contribution in [-0.4, -0.2) is 54.5 Å². The molecular weight excluding hydrogens is 579 g/mol. The molecule has 222 valence electrons. The summed E-state index contributed by atoms with van der Waals surface area (Å²) < 4.78 is 9.90. The molecule has 9 heteroatoms. The second kappa shape index (κ2) is 9.36. The largest absolute Gasteiger partial charge is 0.494 e. The number of hydrogen-bond acceptors (Lipinski definition) is 6. The molecule has 0 spiro atoms. The number of thioether (sulfide) groups is 2. The number of aromatic hydroxyl groups is 1. The number of aliphatic hydroxyl groups is 1. The molecule has 1 aliphatic carbocycles. The van der Waals surface area contributed by atoms with Gasteiger partial charge in [-0.3, -0.25) is 0 Å². The summed E-state index contributed by atoms with van der Waals surface area (Å²) in [5, 5.41) is 29.7. The Labute approximate surface area is 257 Å². The third kappa shape index (κ3) is 3.36. The maximum atomic E-state index is 13.5. The van der Waals surface area contributed by atoms with Gasteiger partial charge in [0.05, 0.1) is 29.1 Å². The maximum absolute atomic E-state index is 13.5. The molecular formula is C34H35N3O4S2. The van der Waals surface area contributed by atoms with Gasteiger partial charge in [0.1, 0.15) is 0 Å². The number of esters is 1. The van der Waals surface area contributed by atoms with E-state index in [1.165, 1.54) is 18.2 Å². The van der Waals surface area contributed by atoms with Gasteiger partial charge in [0.2, 0.25) is 0 Å². The number of aromatic nitrogens is 3. The van der Waals surface area contributed by atoms with Gasteiger partial charge < -0.3 is 29.1 Å². The van der Waals surface area contributed by atoms with Crippen molar-refractivity contribution in [3.05, 3.63) is 53.7 Å². The van der Waals surface area contributed by atoms with Crippen LogP contribution in [0.5, 0.6) is 5.88 Å². The molecule has 1 saturated carbocycles. The van der Waals surface area contributed by atoms with Crippen LogP contribution in [-0.2, 0) is 26.6 Å². The zero-order chi connectivity index (χ0) is 29.8. The van der Waals surface area contributed by atoms with Crippen LogP contribution >= 0.6 is 23.5 Å². The molecule has 3 aromatic heterocycles. The highest BCUT2D eigenvalue weighted by Gasteiger charge is 2.63. The van der Waals surface area contributed by atoms with Gasteiger partial charge in [-0.1, -0.05) is 26.0 Å². The lowest BCUT2D eigenvalue weighted by atomic mass is 9.83. The van der Waals surface area contributed by atoms with Gasteiger partial charge in [0.25, 0.3) is 0 Å². The fraction of sp³-hybridized carbons (Fsp3) is 0.382. The molecule has 0 amide bonds. The molecule has 0 saturated heterocycles. The molecule has 7 nitrogen and oxygen atoms in total. The zero-order valence-electron chi connectivity index (χ0n) is 24.8. The number of rotatable bonds is 7. The van der Waals surface area contributed by atoms with Crippen LogP contribution in [0.1, 0.15) is 50.8 Å². The van der Waals surface area contributed by atoms with Crippen LogP contribution in [0.15, 0.2) is 42.6 Å². The van der Waals surface area contributed by atoms with E-state index in [0.717, 1.165) is 77.4 Å². The number of fused-ring (bicyclic) bond motifs is 13. The van der Waals surface area contributed by atoms with Crippen LogP contribution < -0.4 is 0 Å². The predicted molar refractivity (Wildman–Crippen MR) is 179 cm³/mol. The first-order valence-corrected chi connectivity index (χ1v) is 17.3. The number of nitrogens with zero attached hydrogens (tertiary/aromatic N) is 2. The van der Waals surface area contributed by atoms with Crippen LogP contribution in [0.2, 0.25) is 0 Å². The van der Waals surface area contributed by atoms with Gasteiger partial charge in [0.15, 0.2) is 11.5 Å². The van der Waals surface area contributed by atoms with Crippen LogP contribution in [0.4, 0.5) is 0 Å². The quantitative estimate of drug-likeness (QED) is 0.161. The van der Waals surface area contributed by atoms with E-state index >= 15 is 0 Å². The number of aromatic amines is 1. The summed E-state index contributed by atoms with van der Waals surface area (Å²) in [6.45, 7) is 6.35. The maximum Gasteiger partial charge on any atom is 0.340 e. The minimum Gasteiger partial charge on any atom is -0.494 e. The van der Waals surface area contributed by atoms with Crippen molar-refractivity contribution in [1.29, 1.82) is 0 Å². The normalized spacial score (nSPS) is 23.0. The topological polar surface area (TPSA) is 92.4 Å². The fourth-order valence-electron chi connectivity index (χ4n) is 8.25. The Morgan fingerprint density at radius 1 is 0.953 bits per heavy atom. The average Bonchev–Trinajstić information content (AvgIpc) is 3.70. The van der Waals surface area contributed by atoms with Gasteiger partial charge in [-0.05, 0) is 60.2 Å². The van der Waals surface area contributed by atoms with E-state index in [9.17, 15) is 15.0 Å². The third-order valence-corrected chi connectivity index (χ3v) is 12.0. The first kappa shape index (κ1) is 27.3. The van der Waals surface area contributed by atoms with Crippen molar-refractivity contribution < 1.29 is 19.7 Å². The fourth-order valence-corrected chi connectivity index (χ4v) is 9.49. The highest BCUT2D eigenvalue weighted by atomic mass is 32.2. The summed E-state index contributed by atoms with van der Waals surface area (Å²) in [6.07, 6.45) is 2.72. The van der Waals surface area contributed by atoms with E-state index in [1.807, 2.05) is 36.6 Å². The van der Waals surface area contributed by atoms with E-state index < -0.39 is 17.1 Å². The lowest BCUT2D eigenvalue weighted by molar-refractivity contribution is -0.171. The van der Waals surface area contributed by atoms with Gasteiger partial charge in [-0.2, -0.15) is 23.5 Å². The Balaban J connectivity index is 1.62. The lowest BCUT2D eigenvalue weighted by Crippen LogP contribution is -2.55. The molecule has 1 aliphatic heterocycles. The summed E-state index contributed by atoms with van der Waals surface area (Å²) in [5.74, 6) is 3.43. The second-order valence-corrected chi connectivity index (χ2v) is 14.8. The molecule has 0 unspecified atom stereocenters. The molecule has 3 atom stereocenters. The van der Waals surface area contributed by atoms with Gasteiger partial charge in [-0.25, -0.2) is 4.79 Å². The number of carbonyl (C=O) groups excluding carboxylic acids is 1. The van der Waals surface area contributed by atoms with Gasteiger partial charge >= 0.3 is 5.97 Å². The van der Waals surface area contributed by atoms with Crippen LogP contribution in [0, 0.1) is 0 Å². The molecule has 3 N–H and O–H groups in total. The highest BCUT2D eigenvalue weighted by Crippen LogP contribution is 2.60. The second-order valence-electron chi connectivity index (χ2n) is 12.2. The Morgan fingerprint density at radius 2 is 1.60 bits per heavy atom. The number of H-pyrrole nitrogens is 1. The molecule has 1 fully saturated rings. The number of carbonyl (C=O) groups is 1. The highest BCUT2D eigenvalue weighted by molar-refractivity contribution is 7.98. The molecule has 6 aromatic rings. The van der Waals surface area contributed by atoms with E-state index in [0.29, 0.717) is 6.42 Å². The van der Waals surface area contributed by atoms with Crippen molar-refractivity contribution in [3.8, 4) is 5.88 Å². The predicted octanol–water partition coefficient (Wildman–Crippen LogP) is 7.56. The van der Waals surface area contributed by atoms with E-state index in [4.69, 9.17) is 4.74 Å². The molecule has 0 radical (unpaired) electrons.